The molecule has 0 saturated heterocycles. The van der Waals surface area contributed by atoms with Crippen molar-refractivity contribution < 1.29 is 17.3 Å². The number of rotatable bonds is 3. The Morgan fingerprint density at radius 3 is 2.65 bits per heavy atom. The summed E-state index contributed by atoms with van der Waals surface area (Å²) in [4.78, 5) is -0.0919. The van der Waals surface area contributed by atoms with Crippen LogP contribution in [0.5, 0.6) is 0 Å². The first kappa shape index (κ1) is 14.0. The first-order valence-corrected chi connectivity index (χ1v) is 6.99. The molecule has 8 heteroatoms. The third-order valence-corrected chi connectivity index (χ3v) is 4.19. The zero-order valence-electron chi connectivity index (χ0n) is 10.6. The van der Waals surface area contributed by atoms with Gasteiger partial charge in [0.25, 0.3) is 10.0 Å². The summed E-state index contributed by atoms with van der Waals surface area (Å²) < 4.78 is 44.5. The highest BCUT2D eigenvalue weighted by Crippen LogP contribution is 2.24. The number of benzene rings is 1. The Morgan fingerprint density at radius 2 is 2.10 bits per heavy atom. The highest BCUT2D eigenvalue weighted by Gasteiger charge is 2.25. The zero-order chi connectivity index (χ0) is 14.9. The summed E-state index contributed by atoms with van der Waals surface area (Å²) in [7, 11) is -3.96. The second kappa shape index (κ2) is 4.94. The molecule has 0 saturated carbocycles. The van der Waals surface area contributed by atoms with Crippen molar-refractivity contribution in [2.24, 2.45) is 0 Å². The second-order valence-corrected chi connectivity index (χ2v) is 5.68. The van der Waals surface area contributed by atoms with Crippen LogP contribution in [0.4, 0.5) is 10.1 Å². The van der Waals surface area contributed by atoms with Crippen molar-refractivity contribution in [1.82, 2.24) is 5.16 Å². The van der Waals surface area contributed by atoms with E-state index in [1.165, 1.54) is 19.9 Å². The van der Waals surface area contributed by atoms with Gasteiger partial charge in [0.15, 0.2) is 10.7 Å². The molecule has 1 aromatic heterocycles. The SMILES string of the molecule is Cc1noc(C)c1S(=O)(=O)Nc1ccc(F)cc1C#N. The fourth-order valence-electron chi connectivity index (χ4n) is 1.75. The summed E-state index contributed by atoms with van der Waals surface area (Å²) in [6, 6.07) is 4.92. The van der Waals surface area contributed by atoms with E-state index in [9.17, 15) is 12.8 Å². The molecule has 0 bridgehead atoms. The van der Waals surface area contributed by atoms with Crippen LogP contribution in [0.3, 0.4) is 0 Å². The number of nitrogens with zero attached hydrogens (tertiary/aromatic N) is 2. The monoisotopic (exact) mass is 295 g/mol. The minimum atomic E-state index is -3.96. The van der Waals surface area contributed by atoms with E-state index in [0.717, 1.165) is 12.1 Å². The highest BCUT2D eigenvalue weighted by atomic mass is 32.2. The summed E-state index contributed by atoms with van der Waals surface area (Å²) >= 11 is 0. The molecule has 0 amide bonds. The normalized spacial score (nSPS) is 11.1. The van der Waals surface area contributed by atoms with Crippen molar-refractivity contribution in [2.75, 3.05) is 4.72 Å². The number of sulfonamides is 1. The van der Waals surface area contributed by atoms with Crippen LogP contribution in [0.25, 0.3) is 0 Å². The molecule has 0 aliphatic carbocycles. The van der Waals surface area contributed by atoms with Crippen molar-refractivity contribution in [2.45, 2.75) is 18.7 Å². The number of aryl methyl sites for hydroxylation is 2. The summed E-state index contributed by atoms with van der Waals surface area (Å²) in [6.45, 7) is 2.95. The Labute approximate surface area is 114 Å². The van der Waals surface area contributed by atoms with Crippen LogP contribution in [0.15, 0.2) is 27.6 Å². The smallest absolute Gasteiger partial charge is 0.267 e. The van der Waals surface area contributed by atoms with E-state index in [1.54, 1.807) is 6.07 Å². The summed E-state index contributed by atoms with van der Waals surface area (Å²) in [5.74, 6) is -0.488. The van der Waals surface area contributed by atoms with E-state index in [4.69, 9.17) is 9.78 Å². The Morgan fingerprint density at radius 1 is 1.40 bits per heavy atom. The van der Waals surface area contributed by atoms with Crippen LogP contribution in [0.1, 0.15) is 17.0 Å². The Hall–Kier alpha value is -2.40. The average molecular weight is 295 g/mol. The molecule has 104 valence electrons. The molecular formula is C12H10FN3O3S. The van der Waals surface area contributed by atoms with E-state index in [2.05, 4.69) is 9.88 Å². The van der Waals surface area contributed by atoms with E-state index in [0.29, 0.717) is 0 Å². The zero-order valence-corrected chi connectivity index (χ0v) is 11.5. The molecular weight excluding hydrogens is 285 g/mol. The van der Waals surface area contributed by atoms with Crippen LogP contribution in [0.2, 0.25) is 0 Å². The maximum atomic E-state index is 13.0. The lowest BCUT2D eigenvalue weighted by Gasteiger charge is -2.08. The summed E-state index contributed by atoms with van der Waals surface area (Å²) in [6.07, 6.45) is 0. The molecule has 0 atom stereocenters. The van der Waals surface area contributed by atoms with Crippen molar-refractivity contribution >= 4 is 15.7 Å². The second-order valence-electron chi connectivity index (χ2n) is 4.06. The predicted octanol–water partition coefficient (Wildman–Crippen LogP) is 2.10. The third-order valence-electron chi connectivity index (χ3n) is 2.58. The molecule has 0 aliphatic rings. The van der Waals surface area contributed by atoms with Gasteiger partial charge >= 0.3 is 0 Å². The number of aromatic nitrogens is 1. The first-order chi connectivity index (χ1) is 9.35. The molecule has 0 radical (unpaired) electrons. The number of halogens is 1. The van der Waals surface area contributed by atoms with Gasteiger partial charge in [0.2, 0.25) is 0 Å². The fraction of sp³-hybridized carbons (Fsp3) is 0.167. The number of anilines is 1. The summed E-state index contributed by atoms with van der Waals surface area (Å²) in [5.41, 5.74) is 0.0878. The first-order valence-electron chi connectivity index (χ1n) is 5.50. The molecule has 2 aromatic rings. The molecule has 0 unspecified atom stereocenters. The fourth-order valence-corrected chi connectivity index (χ4v) is 3.16. The minimum Gasteiger partial charge on any atom is -0.360 e. The Balaban J connectivity index is 2.47. The molecule has 20 heavy (non-hydrogen) atoms. The number of hydrogen-bond donors (Lipinski definition) is 1. The quantitative estimate of drug-likeness (QED) is 0.935. The molecule has 1 heterocycles. The summed E-state index contributed by atoms with van der Waals surface area (Å²) in [5, 5.41) is 12.5. The van der Waals surface area contributed by atoms with Crippen molar-refractivity contribution in [3.05, 3.63) is 41.0 Å². The molecule has 0 spiro atoms. The van der Waals surface area contributed by atoms with Crippen LogP contribution in [-0.2, 0) is 10.0 Å². The molecule has 2 rings (SSSR count). The van der Waals surface area contributed by atoms with Crippen molar-refractivity contribution in [1.29, 1.82) is 5.26 Å². The molecule has 0 aliphatic heterocycles. The predicted molar refractivity (Wildman–Crippen MR) is 67.9 cm³/mol. The Kier molecular flexibility index (Phi) is 3.46. The van der Waals surface area contributed by atoms with Crippen molar-refractivity contribution in [3.63, 3.8) is 0 Å². The van der Waals surface area contributed by atoms with Gasteiger partial charge in [-0.05, 0) is 32.0 Å². The maximum Gasteiger partial charge on any atom is 0.267 e. The van der Waals surface area contributed by atoms with Gasteiger partial charge in [-0.25, -0.2) is 12.8 Å². The van der Waals surface area contributed by atoms with Crippen molar-refractivity contribution in [3.8, 4) is 6.07 Å². The van der Waals surface area contributed by atoms with Gasteiger partial charge in [0.05, 0.1) is 11.3 Å². The van der Waals surface area contributed by atoms with Crippen LogP contribution in [-0.4, -0.2) is 13.6 Å². The van der Waals surface area contributed by atoms with Gasteiger partial charge in [-0.15, -0.1) is 0 Å². The number of nitriles is 1. The molecule has 1 N–H and O–H groups in total. The number of nitrogens with one attached hydrogen (secondary N) is 1. The minimum absolute atomic E-state index is 0.00565. The largest absolute Gasteiger partial charge is 0.360 e. The molecule has 6 nitrogen and oxygen atoms in total. The average Bonchev–Trinajstić information content (AvgIpc) is 2.71. The number of hydrogen-bond acceptors (Lipinski definition) is 5. The van der Waals surface area contributed by atoms with E-state index in [1.807, 2.05) is 0 Å². The maximum absolute atomic E-state index is 13.0. The van der Waals surface area contributed by atoms with E-state index in [-0.39, 0.29) is 27.6 Å². The molecule has 0 fully saturated rings. The molecule has 1 aromatic carbocycles. The van der Waals surface area contributed by atoms with Gasteiger partial charge in [-0.1, -0.05) is 5.16 Å². The van der Waals surface area contributed by atoms with E-state index >= 15 is 0 Å². The van der Waals surface area contributed by atoms with Gasteiger partial charge < -0.3 is 4.52 Å². The standard InChI is InChI=1S/C12H10FN3O3S/c1-7-12(8(2)19-15-7)20(17,18)16-11-4-3-10(13)5-9(11)6-14/h3-5,16H,1-2H3. The van der Waals surface area contributed by atoms with Gasteiger partial charge in [-0.3, -0.25) is 4.72 Å². The van der Waals surface area contributed by atoms with Crippen LogP contribution >= 0.6 is 0 Å². The van der Waals surface area contributed by atoms with Crippen LogP contribution in [0, 0.1) is 31.0 Å². The van der Waals surface area contributed by atoms with Crippen LogP contribution < -0.4 is 4.72 Å². The third kappa shape index (κ3) is 2.48. The lowest BCUT2D eigenvalue weighted by Crippen LogP contribution is -2.15. The van der Waals surface area contributed by atoms with Gasteiger partial charge in [0, 0.05) is 0 Å². The van der Waals surface area contributed by atoms with Gasteiger partial charge in [0.1, 0.15) is 17.6 Å². The highest BCUT2D eigenvalue weighted by molar-refractivity contribution is 7.92. The lowest BCUT2D eigenvalue weighted by molar-refractivity contribution is 0.390. The topological polar surface area (TPSA) is 96.0 Å². The van der Waals surface area contributed by atoms with Gasteiger partial charge in [-0.2, -0.15) is 5.26 Å². The lowest BCUT2D eigenvalue weighted by atomic mass is 10.2. The Bertz CT molecular complexity index is 786. The van der Waals surface area contributed by atoms with E-state index < -0.39 is 15.8 Å².